The van der Waals surface area contributed by atoms with E-state index < -0.39 is 5.92 Å². The molecule has 1 unspecified atom stereocenters. The molecule has 0 aromatic heterocycles. The van der Waals surface area contributed by atoms with Gasteiger partial charge in [0.1, 0.15) is 23.4 Å². The van der Waals surface area contributed by atoms with Crippen LogP contribution in [0.2, 0.25) is 0 Å². The minimum Gasteiger partial charge on any atom is -0.460 e. The van der Waals surface area contributed by atoms with Crippen LogP contribution in [0, 0.1) is 17.8 Å². The zero-order valence-corrected chi connectivity index (χ0v) is 23.6. The second-order valence-electron chi connectivity index (χ2n) is 12.3. The molecule has 3 saturated heterocycles. The summed E-state index contributed by atoms with van der Waals surface area (Å²) in [6, 6.07) is 0.477. The Kier molecular flexibility index (Phi) is 9.04. The van der Waals surface area contributed by atoms with Gasteiger partial charge in [-0.15, -0.1) is 0 Å². The molecule has 0 aromatic rings. The summed E-state index contributed by atoms with van der Waals surface area (Å²) in [5, 5.41) is 6.50. The number of hydrogen-bond acceptors (Lipinski definition) is 7. The van der Waals surface area contributed by atoms with Crippen molar-refractivity contribution in [1.82, 2.24) is 10.6 Å². The maximum absolute atomic E-state index is 13.1. The number of esters is 1. The first-order chi connectivity index (χ1) is 17.6. The molecule has 2 N–H and O–H groups in total. The second-order valence-corrected chi connectivity index (χ2v) is 12.3. The average Bonchev–Trinajstić information content (AvgIpc) is 3.69. The number of ether oxygens (including phenoxy) is 4. The lowest BCUT2D eigenvalue weighted by atomic mass is 9.68. The summed E-state index contributed by atoms with van der Waals surface area (Å²) in [6.45, 7) is 12.7. The standard InChI is InChI=1S/C29H48N2O6/c1-18(2)9-10-23-28(5,37-23)26-25(34-6)22(11-13-29(26)17-35-29)36-24(32)16-21(19(3)4)27(33)31-15-12-20-8-7-14-30-20/h9,19-23,25-26,30H,7-8,10-17H2,1-6H3,(H,31,33)/t20?,21-,22-,23-,25-,26-,28-,29+/m1/s1. The molecule has 1 saturated carbocycles. The molecule has 4 rings (SSSR count). The fraction of sp³-hybridized carbons (Fsp3) is 0.862. The number of rotatable bonds is 12. The zero-order chi connectivity index (χ0) is 26.8. The molecular weight excluding hydrogens is 472 g/mol. The van der Waals surface area contributed by atoms with Crippen LogP contribution in [-0.2, 0) is 28.5 Å². The van der Waals surface area contributed by atoms with E-state index in [0.29, 0.717) is 25.6 Å². The Hall–Kier alpha value is -1.48. The average molecular weight is 521 g/mol. The molecule has 37 heavy (non-hydrogen) atoms. The molecule has 1 aliphatic carbocycles. The SMILES string of the molecule is CO[C@@H]1[C@H](OC(=O)C[C@@H](C(=O)NCCC2CCCN2)C(C)C)CC[C@]2(CO2)[C@H]1[C@]1(C)O[C@@H]1CC=C(C)C. The van der Waals surface area contributed by atoms with Gasteiger partial charge in [0, 0.05) is 19.7 Å². The van der Waals surface area contributed by atoms with Crippen molar-refractivity contribution in [3.8, 4) is 0 Å². The molecular formula is C29H48N2O6. The van der Waals surface area contributed by atoms with Gasteiger partial charge >= 0.3 is 5.97 Å². The quantitative estimate of drug-likeness (QED) is 0.231. The molecule has 8 nitrogen and oxygen atoms in total. The summed E-state index contributed by atoms with van der Waals surface area (Å²) >= 11 is 0. The Morgan fingerprint density at radius 2 is 2.00 bits per heavy atom. The van der Waals surface area contributed by atoms with Gasteiger partial charge in [0.05, 0.1) is 31.0 Å². The van der Waals surface area contributed by atoms with Crippen LogP contribution in [0.5, 0.6) is 0 Å². The molecule has 4 fully saturated rings. The van der Waals surface area contributed by atoms with E-state index in [1.54, 1.807) is 7.11 Å². The van der Waals surface area contributed by atoms with E-state index in [1.807, 2.05) is 13.8 Å². The third-order valence-corrected chi connectivity index (χ3v) is 9.00. The lowest BCUT2D eigenvalue weighted by Crippen LogP contribution is -2.55. The summed E-state index contributed by atoms with van der Waals surface area (Å²) in [5.74, 6) is -0.804. The number of nitrogens with one attached hydrogen (secondary N) is 2. The Bertz CT molecular complexity index is 845. The molecule has 0 bridgehead atoms. The first-order valence-corrected chi connectivity index (χ1v) is 14.3. The van der Waals surface area contributed by atoms with Gasteiger partial charge in [0.15, 0.2) is 0 Å². The van der Waals surface area contributed by atoms with Crippen LogP contribution >= 0.6 is 0 Å². The highest BCUT2D eigenvalue weighted by Gasteiger charge is 2.72. The molecule has 8 atom stereocenters. The number of allylic oxidation sites excluding steroid dienone is 1. The molecule has 3 aliphatic heterocycles. The maximum atomic E-state index is 13.1. The molecule has 4 aliphatic rings. The van der Waals surface area contributed by atoms with E-state index >= 15 is 0 Å². The van der Waals surface area contributed by atoms with Crippen molar-refractivity contribution in [3.63, 3.8) is 0 Å². The van der Waals surface area contributed by atoms with Crippen molar-refractivity contribution in [1.29, 1.82) is 0 Å². The smallest absolute Gasteiger partial charge is 0.306 e. The monoisotopic (exact) mass is 520 g/mol. The number of carbonyl (C=O) groups is 2. The lowest BCUT2D eigenvalue weighted by Gasteiger charge is -2.42. The van der Waals surface area contributed by atoms with Crippen LogP contribution in [0.4, 0.5) is 0 Å². The molecule has 8 heteroatoms. The third-order valence-electron chi connectivity index (χ3n) is 9.00. The molecule has 0 aromatic carbocycles. The molecule has 1 amide bonds. The largest absolute Gasteiger partial charge is 0.460 e. The number of methoxy groups -OCH3 is 1. The van der Waals surface area contributed by atoms with Crippen molar-refractivity contribution in [2.45, 2.75) is 115 Å². The van der Waals surface area contributed by atoms with Gasteiger partial charge in [0.2, 0.25) is 5.91 Å². The van der Waals surface area contributed by atoms with E-state index in [1.165, 1.54) is 12.0 Å². The third kappa shape index (κ3) is 6.57. The molecule has 3 heterocycles. The number of epoxide rings is 2. The summed E-state index contributed by atoms with van der Waals surface area (Å²) in [7, 11) is 1.68. The van der Waals surface area contributed by atoms with E-state index in [-0.39, 0.29) is 59.6 Å². The van der Waals surface area contributed by atoms with Crippen LogP contribution in [0.1, 0.15) is 79.6 Å². The fourth-order valence-corrected chi connectivity index (χ4v) is 6.60. The minimum atomic E-state index is -0.416. The van der Waals surface area contributed by atoms with Crippen molar-refractivity contribution in [3.05, 3.63) is 11.6 Å². The highest BCUT2D eigenvalue weighted by Crippen LogP contribution is 2.59. The Morgan fingerprint density at radius 1 is 1.24 bits per heavy atom. The van der Waals surface area contributed by atoms with Gasteiger partial charge in [-0.2, -0.15) is 0 Å². The predicted octanol–water partition coefficient (Wildman–Crippen LogP) is 3.53. The second kappa shape index (κ2) is 11.7. The van der Waals surface area contributed by atoms with Gasteiger partial charge in [-0.25, -0.2) is 0 Å². The van der Waals surface area contributed by atoms with Crippen LogP contribution in [0.3, 0.4) is 0 Å². The highest BCUT2D eigenvalue weighted by atomic mass is 16.6. The van der Waals surface area contributed by atoms with Crippen LogP contribution in [-0.4, -0.2) is 74.2 Å². The van der Waals surface area contributed by atoms with Gasteiger partial charge in [-0.05, 0) is 71.8 Å². The summed E-state index contributed by atoms with van der Waals surface area (Å²) in [5.41, 5.74) is 0.642. The molecule has 210 valence electrons. The normalized spacial score (nSPS) is 37.3. The van der Waals surface area contributed by atoms with Crippen LogP contribution in [0.25, 0.3) is 0 Å². The van der Waals surface area contributed by atoms with E-state index in [4.69, 9.17) is 18.9 Å². The lowest BCUT2D eigenvalue weighted by molar-refractivity contribution is -0.173. The Balaban J connectivity index is 1.35. The van der Waals surface area contributed by atoms with Crippen molar-refractivity contribution in [2.75, 3.05) is 26.8 Å². The number of hydrogen-bond donors (Lipinski definition) is 2. The van der Waals surface area contributed by atoms with Crippen molar-refractivity contribution in [2.24, 2.45) is 17.8 Å². The number of carbonyl (C=O) groups excluding carboxylic acids is 2. The topological polar surface area (TPSA) is 102 Å². The zero-order valence-electron chi connectivity index (χ0n) is 23.6. The molecule has 1 spiro atoms. The van der Waals surface area contributed by atoms with Crippen molar-refractivity contribution < 1.29 is 28.5 Å². The summed E-state index contributed by atoms with van der Waals surface area (Å²) in [4.78, 5) is 26.1. The van der Waals surface area contributed by atoms with Crippen LogP contribution in [0.15, 0.2) is 11.6 Å². The first kappa shape index (κ1) is 28.5. The van der Waals surface area contributed by atoms with Gasteiger partial charge in [0.25, 0.3) is 0 Å². The van der Waals surface area contributed by atoms with Gasteiger partial charge in [-0.1, -0.05) is 25.5 Å². The first-order valence-electron chi connectivity index (χ1n) is 14.3. The summed E-state index contributed by atoms with van der Waals surface area (Å²) < 4.78 is 24.3. The number of amides is 1. The Morgan fingerprint density at radius 3 is 2.59 bits per heavy atom. The van der Waals surface area contributed by atoms with Crippen LogP contribution < -0.4 is 10.6 Å². The van der Waals surface area contributed by atoms with Crippen molar-refractivity contribution >= 4 is 11.9 Å². The van der Waals surface area contributed by atoms with E-state index in [0.717, 1.165) is 32.2 Å². The van der Waals surface area contributed by atoms with E-state index in [9.17, 15) is 9.59 Å². The summed E-state index contributed by atoms with van der Waals surface area (Å²) in [6.07, 6.45) is 7.31. The molecule has 0 radical (unpaired) electrons. The fourth-order valence-electron chi connectivity index (χ4n) is 6.60. The Labute approximate surface area is 222 Å². The highest BCUT2D eigenvalue weighted by molar-refractivity contribution is 5.84. The predicted molar refractivity (Wildman–Crippen MR) is 141 cm³/mol. The van der Waals surface area contributed by atoms with E-state index in [2.05, 4.69) is 37.5 Å². The maximum Gasteiger partial charge on any atom is 0.306 e. The van der Waals surface area contributed by atoms with Gasteiger partial charge < -0.3 is 29.6 Å². The minimum absolute atomic E-state index is 0.0134. The van der Waals surface area contributed by atoms with Gasteiger partial charge in [-0.3, -0.25) is 9.59 Å².